The van der Waals surface area contributed by atoms with Crippen LogP contribution in [0.15, 0.2) is 59.7 Å². The van der Waals surface area contributed by atoms with E-state index in [1.54, 1.807) is 0 Å². The first-order valence-corrected chi connectivity index (χ1v) is 9.11. The molecule has 25 heavy (non-hydrogen) atoms. The average Bonchev–Trinajstić information content (AvgIpc) is 3.10. The standard InChI is InChI=1S/C20H22ClN3O/c21-17-7-9-18(10-8-17)25-19(13-24-11-4-12-24)20(14-22-23-15-20)16-5-2-1-3-6-16/h1-3,5-10,14,19,23H,4,11-13,15H2. The second-order valence-corrected chi connectivity index (χ2v) is 7.15. The van der Waals surface area contributed by atoms with Gasteiger partial charge in [0.2, 0.25) is 0 Å². The lowest BCUT2D eigenvalue weighted by Gasteiger charge is -2.41. The van der Waals surface area contributed by atoms with Gasteiger partial charge in [-0.3, -0.25) is 4.90 Å². The van der Waals surface area contributed by atoms with E-state index in [9.17, 15) is 0 Å². The van der Waals surface area contributed by atoms with Crippen LogP contribution in [0.25, 0.3) is 0 Å². The Bertz CT molecular complexity index is 730. The summed E-state index contributed by atoms with van der Waals surface area (Å²) in [6, 6.07) is 18.1. The molecular weight excluding hydrogens is 334 g/mol. The number of ether oxygens (including phenoxy) is 1. The molecule has 2 aliphatic heterocycles. The normalized spacial score (nSPS) is 23.7. The topological polar surface area (TPSA) is 36.9 Å². The maximum Gasteiger partial charge on any atom is 0.128 e. The molecule has 1 fully saturated rings. The van der Waals surface area contributed by atoms with Crippen molar-refractivity contribution in [1.82, 2.24) is 10.3 Å². The molecule has 2 aromatic rings. The summed E-state index contributed by atoms with van der Waals surface area (Å²) >= 11 is 6.02. The van der Waals surface area contributed by atoms with Crippen molar-refractivity contribution in [2.75, 3.05) is 26.2 Å². The highest BCUT2D eigenvalue weighted by Gasteiger charge is 2.44. The van der Waals surface area contributed by atoms with E-state index in [1.807, 2.05) is 36.5 Å². The lowest BCUT2D eigenvalue weighted by atomic mass is 9.76. The zero-order chi connectivity index (χ0) is 17.1. The van der Waals surface area contributed by atoms with Gasteiger partial charge in [-0.1, -0.05) is 41.9 Å². The van der Waals surface area contributed by atoms with Gasteiger partial charge in [-0.2, -0.15) is 5.10 Å². The maximum atomic E-state index is 6.49. The molecule has 0 radical (unpaired) electrons. The Balaban J connectivity index is 1.67. The highest BCUT2D eigenvalue weighted by molar-refractivity contribution is 6.30. The summed E-state index contributed by atoms with van der Waals surface area (Å²) in [6.07, 6.45) is 3.25. The predicted molar refractivity (Wildman–Crippen MR) is 102 cm³/mol. The smallest absolute Gasteiger partial charge is 0.128 e. The van der Waals surface area contributed by atoms with Crippen molar-refractivity contribution in [3.8, 4) is 5.75 Å². The van der Waals surface area contributed by atoms with Crippen molar-refractivity contribution < 1.29 is 4.74 Å². The van der Waals surface area contributed by atoms with E-state index in [4.69, 9.17) is 16.3 Å². The minimum atomic E-state index is -0.281. The molecule has 4 nitrogen and oxygen atoms in total. The van der Waals surface area contributed by atoms with Gasteiger partial charge in [-0.25, -0.2) is 0 Å². The Labute approximate surface area is 153 Å². The minimum absolute atomic E-state index is 0.0323. The van der Waals surface area contributed by atoms with Gasteiger partial charge in [0.15, 0.2) is 0 Å². The lowest BCUT2D eigenvalue weighted by molar-refractivity contribution is 0.0657. The average molecular weight is 356 g/mol. The number of hydrogen-bond donors (Lipinski definition) is 1. The van der Waals surface area contributed by atoms with Gasteiger partial charge >= 0.3 is 0 Å². The third kappa shape index (κ3) is 3.37. The Morgan fingerprint density at radius 2 is 1.88 bits per heavy atom. The van der Waals surface area contributed by atoms with E-state index in [0.29, 0.717) is 5.02 Å². The second-order valence-electron chi connectivity index (χ2n) is 6.71. The van der Waals surface area contributed by atoms with Crippen LogP contribution in [0.1, 0.15) is 12.0 Å². The van der Waals surface area contributed by atoms with Gasteiger partial charge in [-0.15, -0.1) is 0 Å². The summed E-state index contributed by atoms with van der Waals surface area (Å²) in [6.45, 7) is 3.89. The van der Waals surface area contributed by atoms with E-state index < -0.39 is 0 Å². The number of rotatable bonds is 6. The molecule has 2 aliphatic rings. The van der Waals surface area contributed by atoms with Gasteiger partial charge in [0.25, 0.3) is 0 Å². The summed E-state index contributed by atoms with van der Waals surface area (Å²) in [5.41, 5.74) is 4.09. The van der Waals surface area contributed by atoms with Crippen molar-refractivity contribution in [1.29, 1.82) is 0 Å². The summed E-state index contributed by atoms with van der Waals surface area (Å²) < 4.78 is 6.49. The van der Waals surface area contributed by atoms with E-state index in [2.05, 4.69) is 39.7 Å². The molecule has 0 aliphatic carbocycles. The first-order chi connectivity index (χ1) is 12.3. The van der Waals surface area contributed by atoms with Crippen LogP contribution in [0.5, 0.6) is 5.75 Å². The van der Waals surface area contributed by atoms with Crippen LogP contribution in [0.2, 0.25) is 5.02 Å². The molecule has 0 saturated carbocycles. The zero-order valence-corrected chi connectivity index (χ0v) is 14.8. The highest BCUT2D eigenvalue weighted by atomic mass is 35.5. The van der Waals surface area contributed by atoms with E-state index >= 15 is 0 Å². The van der Waals surface area contributed by atoms with Crippen LogP contribution >= 0.6 is 11.6 Å². The fraction of sp³-hybridized carbons (Fsp3) is 0.350. The van der Waals surface area contributed by atoms with Crippen LogP contribution in [-0.2, 0) is 5.41 Å². The van der Waals surface area contributed by atoms with Gasteiger partial charge in [0.1, 0.15) is 11.9 Å². The zero-order valence-electron chi connectivity index (χ0n) is 14.1. The number of halogens is 1. The van der Waals surface area contributed by atoms with Crippen LogP contribution < -0.4 is 10.2 Å². The third-order valence-electron chi connectivity index (χ3n) is 5.11. The highest BCUT2D eigenvalue weighted by Crippen LogP contribution is 2.33. The Morgan fingerprint density at radius 3 is 2.48 bits per heavy atom. The molecule has 2 unspecified atom stereocenters. The minimum Gasteiger partial charge on any atom is -0.488 e. The fourth-order valence-corrected chi connectivity index (χ4v) is 3.60. The molecule has 2 heterocycles. The lowest BCUT2D eigenvalue weighted by Crippen LogP contribution is -2.55. The Hall–Kier alpha value is -2.04. The molecule has 1 saturated heterocycles. The maximum absolute atomic E-state index is 6.49. The van der Waals surface area contributed by atoms with E-state index in [-0.39, 0.29) is 11.5 Å². The number of nitrogens with one attached hydrogen (secondary N) is 1. The third-order valence-corrected chi connectivity index (χ3v) is 5.36. The summed E-state index contributed by atoms with van der Waals surface area (Å²) in [5.74, 6) is 0.838. The first kappa shape index (κ1) is 16.4. The molecule has 2 aromatic carbocycles. The number of likely N-dealkylation sites (tertiary alicyclic amines) is 1. The molecule has 0 aromatic heterocycles. The van der Waals surface area contributed by atoms with Crippen molar-refractivity contribution in [2.45, 2.75) is 17.9 Å². The molecule has 5 heteroatoms. The Morgan fingerprint density at radius 1 is 1.12 bits per heavy atom. The van der Waals surface area contributed by atoms with Crippen LogP contribution in [0, 0.1) is 0 Å². The molecule has 0 amide bonds. The van der Waals surface area contributed by atoms with E-state index in [0.717, 1.165) is 31.9 Å². The quantitative estimate of drug-likeness (QED) is 0.863. The summed E-state index contributed by atoms with van der Waals surface area (Å²) in [4.78, 5) is 2.44. The van der Waals surface area contributed by atoms with Gasteiger partial charge in [0, 0.05) is 17.8 Å². The summed E-state index contributed by atoms with van der Waals surface area (Å²) in [7, 11) is 0. The molecular formula is C20H22ClN3O. The van der Waals surface area contributed by atoms with Crippen LogP contribution in [0.4, 0.5) is 0 Å². The van der Waals surface area contributed by atoms with E-state index in [1.165, 1.54) is 12.0 Å². The van der Waals surface area contributed by atoms with Crippen molar-refractivity contribution in [3.05, 3.63) is 65.2 Å². The first-order valence-electron chi connectivity index (χ1n) is 8.73. The van der Waals surface area contributed by atoms with Gasteiger partial charge in [0.05, 0.1) is 12.0 Å². The van der Waals surface area contributed by atoms with Crippen molar-refractivity contribution >= 4 is 17.8 Å². The molecule has 2 atom stereocenters. The molecule has 0 spiro atoms. The molecule has 4 rings (SSSR count). The SMILES string of the molecule is Clc1ccc(OC(CN2CCC2)C2(c3ccccc3)C=NNC2)cc1. The van der Waals surface area contributed by atoms with Crippen LogP contribution in [-0.4, -0.2) is 43.4 Å². The number of hydrazone groups is 1. The van der Waals surface area contributed by atoms with Crippen LogP contribution in [0.3, 0.4) is 0 Å². The summed E-state index contributed by atoms with van der Waals surface area (Å²) in [5, 5.41) is 5.06. The van der Waals surface area contributed by atoms with Gasteiger partial charge in [-0.05, 0) is 49.3 Å². The monoisotopic (exact) mass is 355 g/mol. The molecule has 130 valence electrons. The molecule has 0 bridgehead atoms. The largest absolute Gasteiger partial charge is 0.488 e. The Kier molecular flexibility index (Phi) is 4.64. The number of benzene rings is 2. The predicted octanol–water partition coefficient (Wildman–Crippen LogP) is 3.32. The fourth-order valence-electron chi connectivity index (χ4n) is 3.47. The second kappa shape index (κ2) is 7.06. The number of hydrogen-bond acceptors (Lipinski definition) is 4. The molecule has 1 N–H and O–H groups in total. The van der Waals surface area contributed by atoms with Crippen molar-refractivity contribution in [2.24, 2.45) is 5.10 Å². The van der Waals surface area contributed by atoms with Crippen molar-refractivity contribution in [3.63, 3.8) is 0 Å². The van der Waals surface area contributed by atoms with Gasteiger partial charge < -0.3 is 10.2 Å². The number of nitrogens with zero attached hydrogens (tertiary/aromatic N) is 2.